The molecule has 0 saturated heterocycles. The third-order valence-electron chi connectivity index (χ3n) is 4.54. The van der Waals surface area contributed by atoms with Crippen LogP contribution in [0.4, 0.5) is 20.2 Å². The molecule has 0 aromatic heterocycles. The van der Waals surface area contributed by atoms with Crippen molar-refractivity contribution in [2.24, 2.45) is 5.41 Å². The fourth-order valence-corrected chi connectivity index (χ4v) is 3.17. The Kier molecular flexibility index (Phi) is 7.02. The van der Waals surface area contributed by atoms with Crippen LogP contribution in [0.3, 0.4) is 0 Å². The Labute approximate surface area is 172 Å². The highest BCUT2D eigenvalue weighted by Gasteiger charge is 2.21. The van der Waals surface area contributed by atoms with Crippen molar-refractivity contribution in [1.29, 1.82) is 0 Å². The van der Waals surface area contributed by atoms with Crippen LogP contribution in [-0.4, -0.2) is 12.5 Å². The van der Waals surface area contributed by atoms with Crippen molar-refractivity contribution >= 4 is 17.3 Å². The number of benzene rings is 2. The average Bonchev–Trinajstić information content (AvgIpc) is 2.62. The summed E-state index contributed by atoms with van der Waals surface area (Å²) in [4.78, 5) is 14.1. The van der Waals surface area contributed by atoms with Gasteiger partial charge in [0.25, 0.3) is 0 Å². The monoisotopic (exact) mass is 398 g/mol. The number of aryl methyl sites for hydroxylation is 1. The molecule has 154 valence electrons. The SMILES string of the molecule is C#CCN(Cc1ccc(F)cc1)c1cc(C)c(NC(=O)CC(C)(C)C)c(C)c1F. The molecule has 29 heavy (non-hydrogen) atoms. The highest BCUT2D eigenvalue weighted by atomic mass is 19.1. The number of nitrogens with zero attached hydrogens (tertiary/aromatic N) is 1. The van der Waals surface area contributed by atoms with Gasteiger partial charge in [-0.3, -0.25) is 4.79 Å². The van der Waals surface area contributed by atoms with Gasteiger partial charge in [-0.2, -0.15) is 0 Å². The van der Waals surface area contributed by atoms with Gasteiger partial charge in [-0.1, -0.05) is 38.8 Å². The molecular weight excluding hydrogens is 370 g/mol. The fraction of sp³-hybridized carbons (Fsp3) is 0.375. The summed E-state index contributed by atoms with van der Waals surface area (Å²) < 4.78 is 28.4. The largest absolute Gasteiger partial charge is 0.354 e. The number of halogens is 2. The molecule has 0 aliphatic heterocycles. The molecule has 0 aliphatic rings. The predicted octanol–water partition coefficient (Wildman–Crippen LogP) is 5.60. The second-order valence-corrected chi connectivity index (χ2v) is 8.50. The lowest BCUT2D eigenvalue weighted by molar-refractivity contribution is -0.117. The zero-order valence-corrected chi connectivity index (χ0v) is 17.7. The third kappa shape index (κ3) is 6.05. The Balaban J connectivity index is 2.35. The Morgan fingerprint density at radius 1 is 1.17 bits per heavy atom. The maximum absolute atomic E-state index is 15.2. The van der Waals surface area contributed by atoms with Gasteiger partial charge in [0, 0.05) is 24.2 Å². The zero-order chi connectivity index (χ0) is 21.8. The molecule has 0 fully saturated rings. The van der Waals surface area contributed by atoms with E-state index >= 15 is 4.39 Å². The molecule has 0 saturated carbocycles. The van der Waals surface area contributed by atoms with Crippen LogP contribution in [0.25, 0.3) is 0 Å². The molecule has 1 N–H and O–H groups in total. The van der Waals surface area contributed by atoms with Crippen LogP contribution in [0.2, 0.25) is 0 Å². The lowest BCUT2D eigenvalue weighted by atomic mass is 9.92. The summed E-state index contributed by atoms with van der Waals surface area (Å²) >= 11 is 0. The standard InChI is InChI=1S/C24H28F2N2O/c1-7-12-28(15-18-8-10-19(25)11-9-18)20-13-16(2)23(17(3)22(20)26)27-21(29)14-24(4,5)6/h1,8-11,13H,12,14-15H2,2-6H3,(H,27,29). The quantitative estimate of drug-likeness (QED) is 0.643. The lowest BCUT2D eigenvalue weighted by Gasteiger charge is -2.26. The first kappa shape index (κ1) is 22.4. The topological polar surface area (TPSA) is 32.3 Å². The van der Waals surface area contributed by atoms with Crippen LogP contribution in [0.15, 0.2) is 30.3 Å². The van der Waals surface area contributed by atoms with Crippen molar-refractivity contribution in [3.05, 3.63) is 58.7 Å². The summed E-state index contributed by atoms with van der Waals surface area (Å²) in [5.74, 6) is 1.64. The van der Waals surface area contributed by atoms with Crippen molar-refractivity contribution in [2.75, 3.05) is 16.8 Å². The van der Waals surface area contributed by atoms with E-state index in [0.29, 0.717) is 29.9 Å². The summed E-state index contributed by atoms with van der Waals surface area (Å²) in [5, 5.41) is 2.85. The molecule has 0 aliphatic carbocycles. The smallest absolute Gasteiger partial charge is 0.224 e. The van der Waals surface area contributed by atoms with Gasteiger partial charge in [-0.15, -0.1) is 6.42 Å². The van der Waals surface area contributed by atoms with Gasteiger partial charge in [0.05, 0.1) is 12.2 Å². The molecule has 2 aromatic rings. The van der Waals surface area contributed by atoms with Crippen molar-refractivity contribution in [1.82, 2.24) is 0 Å². The maximum Gasteiger partial charge on any atom is 0.224 e. The van der Waals surface area contributed by atoms with Gasteiger partial charge >= 0.3 is 0 Å². The van der Waals surface area contributed by atoms with Gasteiger partial charge in [0.2, 0.25) is 5.91 Å². The zero-order valence-electron chi connectivity index (χ0n) is 17.7. The Morgan fingerprint density at radius 2 is 1.79 bits per heavy atom. The number of carbonyl (C=O) groups excluding carboxylic acids is 1. The van der Waals surface area contributed by atoms with Crippen LogP contribution >= 0.6 is 0 Å². The fourth-order valence-electron chi connectivity index (χ4n) is 3.17. The molecule has 1 amide bonds. The van der Waals surface area contributed by atoms with E-state index in [4.69, 9.17) is 6.42 Å². The number of terminal acetylenes is 1. The first-order valence-electron chi connectivity index (χ1n) is 9.54. The Bertz CT molecular complexity index is 922. The molecule has 0 radical (unpaired) electrons. The van der Waals surface area contributed by atoms with Crippen LogP contribution in [0.1, 0.15) is 43.9 Å². The van der Waals surface area contributed by atoms with Crippen LogP contribution in [-0.2, 0) is 11.3 Å². The van der Waals surface area contributed by atoms with E-state index < -0.39 is 5.82 Å². The van der Waals surface area contributed by atoms with E-state index in [1.54, 1.807) is 30.0 Å². The van der Waals surface area contributed by atoms with Crippen LogP contribution < -0.4 is 10.2 Å². The molecule has 0 atom stereocenters. The summed E-state index contributed by atoms with van der Waals surface area (Å²) in [5.41, 5.74) is 2.62. The summed E-state index contributed by atoms with van der Waals surface area (Å²) in [6.07, 6.45) is 5.83. The molecule has 0 spiro atoms. The maximum atomic E-state index is 15.2. The van der Waals surface area contributed by atoms with Crippen LogP contribution in [0.5, 0.6) is 0 Å². The minimum atomic E-state index is -0.431. The molecule has 2 rings (SSSR count). The van der Waals surface area contributed by atoms with Gasteiger partial charge in [-0.25, -0.2) is 8.78 Å². The molecule has 3 nitrogen and oxygen atoms in total. The number of amides is 1. The number of hydrogen-bond donors (Lipinski definition) is 1. The molecule has 5 heteroatoms. The second kappa shape index (κ2) is 9.09. The number of rotatable bonds is 6. The minimum absolute atomic E-state index is 0.150. The normalized spacial score (nSPS) is 11.1. The summed E-state index contributed by atoms with van der Waals surface area (Å²) in [6.45, 7) is 9.94. The number of hydrogen-bond acceptors (Lipinski definition) is 2. The lowest BCUT2D eigenvalue weighted by Crippen LogP contribution is -2.25. The third-order valence-corrected chi connectivity index (χ3v) is 4.54. The number of carbonyl (C=O) groups is 1. The van der Waals surface area contributed by atoms with Crippen LogP contribution in [0, 0.1) is 43.2 Å². The summed E-state index contributed by atoms with van der Waals surface area (Å²) in [7, 11) is 0. The van der Waals surface area contributed by atoms with Gasteiger partial charge < -0.3 is 10.2 Å². The van der Waals surface area contributed by atoms with E-state index in [0.717, 1.165) is 11.1 Å². The molecule has 0 heterocycles. The van der Waals surface area contributed by atoms with E-state index in [1.807, 2.05) is 27.7 Å². The van der Waals surface area contributed by atoms with Gasteiger partial charge in [0.15, 0.2) is 5.82 Å². The molecule has 0 bridgehead atoms. The van der Waals surface area contributed by atoms with Gasteiger partial charge in [0.1, 0.15) is 5.82 Å². The minimum Gasteiger partial charge on any atom is -0.354 e. The van der Waals surface area contributed by atoms with E-state index in [1.165, 1.54) is 12.1 Å². The first-order chi connectivity index (χ1) is 13.5. The van der Waals surface area contributed by atoms with Crippen molar-refractivity contribution in [2.45, 2.75) is 47.6 Å². The van der Waals surface area contributed by atoms with E-state index in [-0.39, 0.29) is 23.7 Å². The van der Waals surface area contributed by atoms with E-state index in [9.17, 15) is 9.18 Å². The predicted molar refractivity (Wildman–Crippen MR) is 115 cm³/mol. The number of anilines is 2. The highest BCUT2D eigenvalue weighted by Crippen LogP contribution is 2.33. The number of nitrogens with one attached hydrogen (secondary N) is 1. The second-order valence-electron chi connectivity index (χ2n) is 8.50. The Morgan fingerprint density at radius 3 is 2.34 bits per heavy atom. The van der Waals surface area contributed by atoms with Gasteiger partial charge in [-0.05, 0) is 48.6 Å². The van der Waals surface area contributed by atoms with Crippen molar-refractivity contribution in [3.63, 3.8) is 0 Å². The molecule has 0 unspecified atom stereocenters. The van der Waals surface area contributed by atoms with Crippen molar-refractivity contribution < 1.29 is 13.6 Å². The molecular formula is C24H28F2N2O. The first-order valence-corrected chi connectivity index (χ1v) is 9.54. The van der Waals surface area contributed by atoms with Crippen molar-refractivity contribution in [3.8, 4) is 12.3 Å². The Hall–Kier alpha value is -2.87. The highest BCUT2D eigenvalue weighted by molar-refractivity contribution is 5.93. The molecule has 2 aromatic carbocycles. The average molecular weight is 398 g/mol. The van der Waals surface area contributed by atoms with E-state index in [2.05, 4.69) is 11.2 Å². The summed E-state index contributed by atoms with van der Waals surface area (Å²) in [6, 6.07) is 7.72.